The molecule has 0 aliphatic carbocycles. The van der Waals surface area contributed by atoms with Crippen molar-refractivity contribution in [1.82, 2.24) is 4.90 Å². The number of hydrogen-bond donors (Lipinski definition) is 0. The summed E-state index contributed by atoms with van der Waals surface area (Å²) in [5.41, 5.74) is 0. The lowest BCUT2D eigenvalue weighted by atomic mass is 10.0. The highest BCUT2D eigenvalue weighted by atomic mass is 32.2. The Bertz CT molecular complexity index is 518. The maximum atomic E-state index is 6.03. The lowest BCUT2D eigenvalue weighted by Crippen LogP contribution is -2.19. The van der Waals surface area contributed by atoms with E-state index in [0.717, 1.165) is 25.3 Å². The van der Waals surface area contributed by atoms with E-state index in [1.807, 2.05) is 11.8 Å². The van der Waals surface area contributed by atoms with E-state index in [9.17, 15) is 0 Å². The Labute approximate surface area is 235 Å². The van der Waals surface area contributed by atoms with Gasteiger partial charge in [-0.3, -0.25) is 0 Å². The Morgan fingerprint density at radius 2 is 1.30 bits per heavy atom. The smallest absolute Gasteiger partial charge is 0.158 e. The average molecular weight is 540 g/mol. The second-order valence-corrected chi connectivity index (χ2v) is 12.2. The topological polar surface area (TPSA) is 30.9 Å². The van der Waals surface area contributed by atoms with Gasteiger partial charge in [0.05, 0.1) is 19.1 Å². The summed E-state index contributed by atoms with van der Waals surface area (Å²) in [7, 11) is 0. The minimum atomic E-state index is 0.00254. The van der Waals surface area contributed by atoms with E-state index >= 15 is 0 Å². The molecule has 0 saturated carbocycles. The molecular weight excluding hydrogens is 478 g/mol. The first-order valence-electron chi connectivity index (χ1n) is 16.3. The van der Waals surface area contributed by atoms with Crippen LogP contribution in [0.2, 0.25) is 0 Å². The van der Waals surface area contributed by atoms with Crippen molar-refractivity contribution in [2.24, 2.45) is 0 Å². The summed E-state index contributed by atoms with van der Waals surface area (Å²) in [6.45, 7) is 5.73. The molecule has 0 radical (unpaired) electrons. The Balaban J connectivity index is 1.23. The van der Waals surface area contributed by atoms with Gasteiger partial charge in [0.2, 0.25) is 0 Å². The normalized spacial score (nSPS) is 19.4. The van der Waals surface area contributed by atoms with Gasteiger partial charge in [-0.25, -0.2) is 0 Å². The molecular formula is C32H61NO3S. The molecule has 0 aromatic rings. The predicted molar refractivity (Wildman–Crippen MR) is 161 cm³/mol. The molecule has 2 rings (SSSR count). The van der Waals surface area contributed by atoms with Crippen LogP contribution in [0.1, 0.15) is 148 Å². The summed E-state index contributed by atoms with van der Waals surface area (Å²) in [6.07, 6.45) is 32.4. The van der Waals surface area contributed by atoms with Crippen LogP contribution < -0.4 is 0 Å². The first kappa shape index (κ1) is 33.0. The maximum absolute atomic E-state index is 6.03. The molecule has 2 atom stereocenters. The van der Waals surface area contributed by atoms with Crippen LogP contribution in [0.25, 0.3) is 0 Å². The zero-order valence-electron chi connectivity index (χ0n) is 24.5. The Hall–Kier alpha value is -0.230. The Kier molecular flexibility index (Phi) is 22.1. The van der Waals surface area contributed by atoms with E-state index in [0.29, 0.717) is 13.2 Å². The molecule has 0 aromatic heterocycles. The highest BCUT2D eigenvalue weighted by molar-refractivity contribution is 8.02. The van der Waals surface area contributed by atoms with Crippen molar-refractivity contribution in [1.29, 1.82) is 0 Å². The van der Waals surface area contributed by atoms with Gasteiger partial charge in [0, 0.05) is 19.4 Å². The lowest BCUT2D eigenvalue weighted by Gasteiger charge is -2.14. The number of hydrogen-bond acceptors (Lipinski definition) is 5. The third-order valence-corrected chi connectivity index (χ3v) is 8.55. The molecule has 4 nitrogen and oxygen atoms in total. The van der Waals surface area contributed by atoms with Crippen molar-refractivity contribution in [2.45, 2.75) is 161 Å². The zero-order valence-corrected chi connectivity index (χ0v) is 25.3. The molecule has 5 heteroatoms. The Morgan fingerprint density at radius 1 is 0.730 bits per heavy atom. The number of ether oxygens (including phenoxy) is 3. The molecule has 2 aliphatic rings. The van der Waals surface area contributed by atoms with Gasteiger partial charge in [0.1, 0.15) is 6.10 Å². The number of nitrogens with zero attached hydrogens (tertiary/aromatic N) is 1. The van der Waals surface area contributed by atoms with Crippen molar-refractivity contribution in [2.75, 3.05) is 32.2 Å². The van der Waals surface area contributed by atoms with Gasteiger partial charge in [-0.2, -0.15) is 0 Å². The average Bonchev–Trinajstić information content (AvgIpc) is 3.60. The summed E-state index contributed by atoms with van der Waals surface area (Å²) in [5.74, 6) is 1.13. The van der Waals surface area contributed by atoms with Gasteiger partial charge in [-0.15, -0.1) is 11.8 Å². The zero-order chi connectivity index (χ0) is 26.1. The lowest BCUT2D eigenvalue weighted by molar-refractivity contribution is -0.0761. The van der Waals surface area contributed by atoms with Crippen LogP contribution >= 0.6 is 11.8 Å². The van der Waals surface area contributed by atoms with Crippen LogP contribution in [-0.2, 0) is 14.2 Å². The molecule has 37 heavy (non-hydrogen) atoms. The summed E-state index contributed by atoms with van der Waals surface area (Å²) in [6, 6.07) is 0. The van der Waals surface area contributed by atoms with Crippen LogP contribution in [0.4, 0.5) is 0 Å². The standard InChI is InChI=1S/C32H61NO3S/c1-2-3-4-5-6-7-8-9-10-11-12-13-14-15-16-17-20-23-32-35-29-31(36-32)28-34-26-22-19-18-21-24-33-25-27-37-30-33/h25,27,31-32H,2-24,26,28-30H2,1H3. The van der Waals surface area contributed by atoms with Crippen molar-refractivity contribution in [3.63, 3.8) is 0 Å². The first-order valence-corrected chi connectivity index (χ1v) is 17.3. The van der Waals surface area contributed by atoms with Crippen LogP contribution in [-0.4, -0.2) is 49.5 Å². The summed E-state index contributed by atoms with van der Waals surface area (Å²) < 4.78 is 17.7. The first-order chi connectivity index (χ1) is 18.4. The second-order valence-electron chi connectivity index (χ2n) is 11.3. The number of rotatable bonds is 27. The molecule has 1 saturated heterocycles. The fraction of sp³-hybridized carbons (Fsp3) is 0.938. The highest BCUT2D eigenvalue weighted by Gasteiger charge is 2.25. The molecule has 2 aliphatic heterocycles. The Morgan fingerprint density at radius 3 is 1.89 bits per heavy atom. The van der Waals surface area contributed by atoms with E-state index in [1.54, 1.807) is 0 Å². The summed E-state index contributed by atoms with van der Waals surface area (Å²) in [5, 5.41) is 2.19. The SMILES string of the molecule is CCCCCCCCCCCCCCCCCCCC1OCC(COCCCCCCN2C=CSC2)O1. The summed E-state index contributed by atoms with van der Waals surface area (Å²) in [4.78, 5) is 2.40. The highest BCUT2D eigenvalue weighted by Crippen LogP contribution is 2.20. The third-order valence-electron chi connectivity index (χ3n) is 7.75. The maximum Gasteiger partial charge on any atom is 0.158 e. The van der Waals surface area contributed by atoms with Gasteiger partial charge in [0.15, 0.2) is 6.29 Å². The second kappa shape index (κ2) is 24.8. The molecule has 2 heterocycles. The minimum Gasteiger partial charge on any atom is -0.379 e. The fourth-order valence-corrected chi connectivity index (χ4v) is 6.07. The van der Waals surface area contributed by atoms with Crippen LogP contribution in [0, 0.1) is 0 Å². The summed E-state index contributed by atoms with van der Waals surface area (Å²) >= 11 is 1.89. The van der Waals surface area contributed by atoms with Crippen molar-refractivity contribution < 1.29 is 14.2 Å². The number of unbranched alkanes of at least 4 members (excludes halogenated alkanes) is 19. The van der Waals surface area contributed by atoms with E-state index in [4.69, 9.17) is 14.2 Å². The molecule has 0 N–H and O–H groups in total. The molecule has 0 amide bonds. The molecule has 2 unspecified atom stereocenters. The largest absolute Gasteiger partial charge is 0.379 e. The molecule has 0 bridgehead atoms. The predicted octanol–water partition coefficient (Wildman–Crippen LogP) is 9.82. The molecule has 0 aromatic carbocycles. The van der Waals surface area contributed by atoms with Gasteiger partial charge in [-0.1, -0.05) is 122 Å². The van der Waals surface area contributed by atoms with Crippen molar-refractivity contribution in [3.8, 4) is 0 Å². The fourth-order valence-electron chi connectivity index (χ4n) is 5.32. The molecule has 1 fully saturated rings. The van der Waals surface area contributed by atoms with E-state index in [1.165, 1.54) is 135 Å². The van der Waals surface area contributed by atoms with Crippen LogP contribution in [0.5, 0.6) is 0 Å². The van der Waals surface area contributed by atoms with Gasteiger partial charge >= 0.3 is 0 Å². The van der Waals surface area contributed by atoms with Crippen LogP contribution in [0.3, 0.4) is 0 Å². The quantitative estimate of drug-likeness (QED) is 0.0969. The van der Waals surface area contributed by atoms with Gasteiger partial charge in [0.25, 0.3) is 0 Å². The molecule has 0 spiro atoms. The van der Waals surface area contributed by atoms with E-state index < -0.39 is 0 Å². The van der Waals surface area contributed by atoms with Gasteiger partial charge < -0.3 is 19.1 Å². The van der Waals surface area contributed by atoms with E-state index in [-0.39, 0.29) is 12.4 Å². The van der Waals surface area contributed by atoms with Gasteiger partial charge in [-0.05, 0) is 31.1 Å². The van der Waals surface area contributed by atoms with Crippen molar-refractivity contribution >= 4 is 11.8 Å². The third kappa shape index (κ3) is 19.5. The monoisotopic (exact) mass is 539 g/mol. The number of thioether (sulfide) groups is 1. The minimum absolute atomic E-state index is 0.00254. The molecule has 218 valence electrons. The van der Waals surface area contributed by atoms with E-state index in [2.05, 4.69) is 23.4 Å². The van der Waals surface area contributed by atoms with Crippen molar-refractivity contribution in [3.05, 3.63) is 11.6 Å². The van der Waals surface area contributed by atoms with Crippen LogP contribution in [0.15, 0.2) is 11.6 Å².